The van der Waals surface area contributed by atoms with E-state index in [4.69, 9.17) is 0 Å². The lowest BCUT2D eigenvalue weighted by atomic mass is 9.96. The topological polar surface area (TPSA) is 58.7 Å². The first-order valence-corrected chi connectivity index (χ1v) is 14.0. The summed E-state index contributed by atoms with van der Waals surface area (Å²) in [6.45, 7) is 9.50. The molecule has 39 heavy (non-hydrogen) atoms. The molecule has 3 aromatic carbocycles. The highest BCUT2D eigenvalue weighted by Gasteiger charge is 2.27. The van der Waals surface area contributed by atoms with Crippen molar-refractivity contribution in [2.45, 2.75) is 39.4 Å². The van der Waals surface area contributed by atoms with Crippen molar-refractivity contribution in [3.8, 4) is 0 Å². The lowest BCUT2D eigenvalue weighted by Crippen LogP contribution is -2.47. The SMILES string of the molecule is CC(C)CCn1c(=O)c2ccccc2n2c(CN3CCN(C(c4ccccc4)c4ccccc4)CC3)nnc12. The Morgan fingerprint density at radius 1 is 0.769 bits per heavy atom. The van der Waals surface area contributed by atoms with Crippen LogP contribution in [0.25, 0.3) is 16.7 Å². The van der Waals surface area contributed by atoms with Gasteiger partial charge in [0.2, 0.25) is 5.78 Å². The molecule has 7 nitrogen and oxygen atoms in total. The predicted molar refractivity (Wildman–Crippen MR) is 156 cm³/mol. The summed E-state index contributed by atoms with van der Waals surface area (Å²) in [5, 5.41) is 9.87. The van der Waals surface area contributed by atoms with E-state index in [-0.39, 0.29) is 11.6 Å². The molecule has 0 atom stereocenters. The van der Waals surface area contributed by atoms with Crippen LogP contribution in [0.3, 0.4) is 0 Å². The monoisotopic (exact) mass is 520 g/mol. The number of hydrogen-bond acceptors (Lipinski definition) is 5. The van der Waals surface area contributed by atoms with E-state index in [1.807, 2.05) is 24.3 Å². The zero-order chi connectivity index (χ0) is 26.8. The minimum absolute atomic E-state index is 0.0131. The Kier molecular flexibility index (Phi) is 7.26. The first-order chi connectivity index (χ1) is 19.1. The van der Waals surface area contributed by atoms with Crippen molar-refractivity contribution in [2.24, 2.45) is 5.92 Å². The van der Waals surface area contributed by atoms with Crippen molar-refractivity contribution in [1.29, 1.82) is 0 Å². The third-order valence-electron chi connectivity index (χ3n) is 7.87. The van der Waals surface area contributed by atoms with Crippen LogP contribution >= 0.6 is 0 Å². The maximum atomic E-state index is 13.4. The smallest absolute Gasteiger partial charge is 0.262 e. The minimum Gasteiger partial charge on any atom is -0.293 e. The number of para-hydroxylation sites is 1. The highest BCUT2D eigenvalue weighted by Crippen LogP contribution is 2.29. The van der Waals surface area contributed by atoms with Crippen LogP contribution in [0.1, 0.15) is 43.3 Å². The molecule has 7 heteroatoms. The van der Waals surface area contributed by atoms with Crippen molar-refractivity contribution in [2.75, 3.05) is 26.2 Å². The number of fused-ring (bicyclic) bond motifs is 3. The molecule has 1 aliphatic heterocycles. The number of aromatic nitrogens is 4. The van der Waals surface area contributed by atoms with Gasteiger partial charge in [0.15, 0.2) is 5.82 Å². The molecule has 0 N–H and O–H groups in total. The van der Waals surface area contributed by atoms with E-state index in [9.17, 15) is 4.79 Å². The first-order valence-electron chi connectivity index (χ1n) is 14.0. The van der Waals surface area contributed by atoms with Crippen LogP contribution in [0.2, 0.25) is 0 Å². The molecule has 1 aliphatic rings. The summed E-state index contributed by atoms with van der Waals surface area (Å²) >= 11 is 0. The second-order valence-electron chi connectivity index (χ2n) is 10.9. The van der Waals surface area contributed by atoms with Crippen molar-refractivity contribution in [3.63, 3.8) is 0 Å². The Morgan fingerprint density at radius 2 is 1.38 bits per heavy atom. The first kappa shape index (κ1) is 25.5. The van der Waals surface area contributed by atoms with Gasteiger partial charge in [0.05, 0.1) is 23.5 Å². The molecule has 0 spiro atoms. The average Bonchev–Trinajstić information content (AvgIpc) is 3.38. The Hall–Kier alpha value is -3.81. The fourth-order valence-corrected chi connectivity index (χ4v) is 5.77. The second kappa shape index (κ2) is 11.1. The molecule has 0 aliphatic carbocycles. The van der Waals surface area contributed by atoms with Gasteiger partial charge >= 0.3 is 0 Å². The number of rotatable bonds is 8. The standard InChI is InChI=1S/C32H36N6O/c1-24(2)17-18-37-31(39)27-15-9-10-16-28(27)38-29(33-34-32(37)38)23-35-19-21-36(22-20-35)30(25-11-5-3-6-12-25)26-13-7-4-8-14-26/h3-16,24,30H,17-23H2,1-2H3. The molecule has 0 unspecified atom stereocenters. The quantitative estimate of drug-likeness (QED) is 0.288. The summed E-state index contributed by atoms with van der Waals surface area (Å²) in [7, 11) is 0. The van der Waals surface area contributed by atoms with Gasteiger partial charge in [-0.05, 0) is 35.6 Å². The predicted octanol–water partition coefficient (Wildman–Crippen LogP) is 5.00. The van der Waals surface area contributed by atoms with Crippen LogP contribution in [0.5, 0.6) is 0 Å². The lowest BCUT2D eigenvalue weighted by Gasteiger charge is -2.39. The van der Waals surface area contributed by atoms with E-state index < -0.39 is 0 Å². The molecule has 0 saturated carbocycles. The van der Waals surface area contributed by atoms with E-state index in [0.717, 1.165) is 43.9 Å². The van der Waals surface area contributed by atoms with Gasteiger partial charge < -0.3 is 0 Å². The summed E-state index contributed by atoms with van der Waals surface area (Å²) in [4.78, 5) is 18.4. The van der Waals surface area contributed by atoms with E-state index in [2.05, 4.69) is 98.9 Å². The van der Waals surface area contributed by atoms with Gasteiger partial charge in [-0.1, -0.05) is 86.6 Å². The summed E-state index contributed by atoms with van der Waals surface area (Å²) in [5.41, 5.74) is 3.54. The van der Waals surface area contributed by atoms with E-state index in [0.29, 0.717) is 30.2 Å². The van der Waals surface area contributed by atoms with Gasteiger partial charge in [0.1, 0.15) is 0 Å². The number of nitrogens with zero attached hydrogens (tertiary/aromatic N) is 6. The van der Waals surface area contributed by atoms with Crippen LogP contribution < -0.4 is 5.56 Å². The van der Waals surface area contributed by atoms with Crippen LogP contribution in [0, 0.1) is 5.92 Å². The molecule has 1 saturated heterocycles. The molecule has 200 valence electrons. The third-order valence-corrected chi connectivity index (χ3v) is 7.87. The van der Waals surface area contributed by atoms with Crippen molar-refractivity contribution >= 4 is 16.7 Å². The Bertz CT molecular complexity index is 1560. The summed E-state index contributed by atoms with van der Waals surface area (Å²) in [6.07, 6.45) is 0.919. The van der Waals surface area contributed by atoms with Gasteiger partial charge in [-0.15, -0.1) is 10.2 Å². The number of piperazine rings is 1. The Balaban J connectivity index is 1.26. The number of aryl methyl sites for hydroxylation is 1. The summed E-state index contributed by atoms with van der Waals surface area (Å²) in [5.74, 6) is 2.02. The highest BCUT2D eigenvalue weighted by molar-refractivity contribution is 5.80. The maximum absolute atomic E-state index is 13.4. The largest absolute Gasteiger partial charge is 0.293 e. The number of hydrogen-bond donors (Lipinski definition) is 0. The lowest BCUT2D eigenvalue weighted by molar-refractivity contribution is 0.103. The molecule has 5 aromatic rings. The van der Waals surface area contributed by atoms with E-state index in [1.54, 1.807) is 4.57 Å². The molecule has 6 rings (SSSR count). The normalized spacial score (nSPS) is 15.2. The van der Waals surface area contributed by atoms with Crippen LogP contribution in [0.4, 0.5) is 0 Å². The molecule has 0 radical (unpaired) electrons. The molecule has 2 aromatic heterocycles. The fraction of sp³-hybridized carbons (Fsp3) is 0.344. The maximum Gasteiger partial charge on any atom is 0.262 e. The minimum atomic E-state index is 0.0131. The third kappa shape index (κ3) is 5.12. The van der Waals surface area contributed by atoms with E-state index in [1.165, 1.54) is 11.1 Å². The summed E-state index contributed by atoms with van der Waals surface area (Å²) in [6, 6.07) is 29.7. The summed E-state index contributed by atoms with van der Waals surface area (Å²) < 4.78 is 3.90. The van der Waals surface area contributed by atoms with Crippen molar-refractivity contribution in [3.05, 3.63) is 112 Å². The van der Waals surface area contributed by atoms with Crippen molar-refractivity contribution in [1.82, 2.24) is 29.0 Å². The molecule has 1 fully saturated rings. The van der Waals surface area contributed by atoms with Crippen LogP contribution in [-0.2, 0) is 13.1 Å². The Labute approximate surface area is 229 Å². The second-order valence-corrected chi connectivity index (χ2v) is 10.9. The van der Waals surface area contributed by atoms with E-state index >= 15 is 0 Å². The molecule has 0 bridgehead atoms. The zero-order valence-corrected chi connectivity index (χ0v) is 22.8. The van der Waals surface area contributed by atoms with Crippen molar-refractivity contribution < 1.29 is 0 Å². The molecular formula is C32H36N6O. The average molecular weight is 521 g/mol. The van der Waals surface area contributed by atoms with Gasteiger partial charge in [0, 0.05) is 32.7 Å². The molecule has 0 amide bonds. The van der Waals surface area contributed by atoms with Gasteiger partial charge in [-0.25, -0.2) is 0 Å². The van der Waals surface area contributed by atoms with Crippen LogP contribution in [0.15, 0.2) is 89.7 Å². The zero-order valence-electron chi connectivity index (χ0n) is 22.8. The molecular weight excluding hydrogens is 484 g/mol. The van der Waals surface area contributed by atoms with Crippen LogP contribution in [-0.4, -0.2) is 55.1 Å². The molecule has 3 heterocycles. The Morgan fingerprint density at radius 3 is 2.03 bits per heavy atom. The fourth-order valence-electron chi connectivity index (χ4n) is 5.77. The van der Waals surface area contributed by atoms with Gasteiger partial charge in [-0.3, -0.25) is 23.6 Å². The van der Waals surface area contributed by atoms with Gasteiger partial charge in [-0.2, -0.15) is 0 Å². The highest BCUT2D eigenvalue weighted by atomic mass is 16.1. The number of benzene rings is 3. The van der Waals surface area contributed by atoms with Gasteiger partial charge in [0.25, 0.3) is 5.56 Å².